The second-order valence-electron chi connectivity index (χ2n) is 5.12. The third kappa shape index (κ3) is 3.40. The second kappa shape index (κ2) is 5.80. The molecule has 2 saturated heterocycles. The number of hydrogen-bond acceptors (Lipinski definition) is 4. The van der Waals surface area contributed by atoms with E-state index in [0.717, 1.165) is 19.6 Å². The Morgan fingerprint density at radius 1 is 1.35 bits per heavy atom. The summed E-state index contributed by atoms with van der Waals surface area (Å²) in [6.07, 6.45) is 4.53. The highest BCUT2D eigenvalue weighted by Crippen LogP contribution is 2.15. The molecule has 2 fully saturated rings. The van der Waals surface area contributed by atoms with Crippen LogP contribution in [0.2, 0.25) is 0 Å². The number of nitrogens with zero attached hydrogens (tertiary/aromatic N) is 1. The first-order chi connectivity index (χ1) is 8.21. The number of rotatable bonds is 4. The van der Waals surface area contributed by atoms with Crippen LogP contribution in [-0.2, 0) is 9.53 Å². The molecule has 17 heavy (non-hydrogen) atoms. The fraction of sp³-hybridized carbons (Fsp3) is 0.917. The number of nitrogens with two attached hydrogens (primary N) is 1. The van der Waals surface area contributed by atoms with E-state index in [4.69, 9.17) is 10.5 Å². The number of nitrogens with one attached hydrogen (secondary N) is 1. The van der Waals surface area contributed by atoms with Crippen molar-refractivity contribution in [2.75, 3.05) is 39.4 Å². The third-order valence-corrected chi connectivity index (χ3v) is 3.67. The van der Waals surface area contributed by atoms with Crippen LogP contribution in [0.3, 0.4) is 0 Å². The molecule has 3 N–H and O–H groups in total. The Morgan fingerprint density at radius 3 is 2.76 bits per heavy atom. The number of piperidine rings is 1. The smallest absolute Gasteiger partial charge is 0.242 e. The van der Waals surface area contributed by atoms with Gasteiger partial charge in [-0.15, -0.1) is 0 Å². The number of carbonyl (C=O) groups is 1. The highest BCUT2D eigenvalue weighted by Gasteiger charge is 2.37. The molecule has 5 heteroatoms. The zero-order chi connectivity index (χ0) is 12.1. The molecule has 2 rings (SSSR count). The van der Waals surface area contributed by atoms with Crippen LogP contribution in [0.25, 0.3) is 0 Å². The van der Waals surface area contributed by atoms with Crippen LogP contribution in [0.15, 0.2) is 0 Å². The van der Waals surface area contributed by atoms with Crippen molar-refractivity contribution in [3.63, 3.8) is 0 Å². The summed E-state index contributed by atoms with van der Waals surface area (Å²) in [6.45, 7) is 4.89. The fourth-order valence-electron chi connectivity index (χ4n) is 2.45. The average Bonchev–Trinajstić information content (AvgIpc) is 2.79. The lowest BCUT2D eigenvalue weighted by molar-refractivity contribution is -0.126. The Hall–Kier alpha value is -0.650. The first kappa shape index (κ1) is 12.8. The minimum absolute atomic E-state index is 0.0630. The zero-order valence-corrected chi connectivity index (χ0v) is 10.4. The lowest BCUT2D eigenvalue weighted by Gasteiger charge is -2.27. The van der Waals surface area contributed by atoms with Gasteiger partial charge in [-0.25, -0.2) is 0 Å². The van der Waals surface area contributed by atoms with Crippen molar-refractivity contribution in [2.24, 2.45) is 5.73 Å². The van der Waals surface area contributed by atoms with Gasteiger partial charge in [-0.05, 0) is 32.4 Å². The van der Waals surface area contributed by atoms with Crippen LogP contribution < -0.4 is 11.1 Å². The van der Waals surface area contributed by atoms with Gasteiger partial charge in [0.15, 0.2) is 0 Å². The van der Waals surface area contributed by atoms with Crippen molar-refractivity contribution in [1.82, 2.24) is 10.2 Å². The SMILES string of the molecule is NC1(C(=O)NCCN2CCCCC2)CCOC1. The molecule has 0 aromatic carbocycles. The maximum Gasteiger partial charge on any atom is 0.242 e. The van der Waals surface area contributed by atoms with Crippen molar-refractivity contribution >= 4 is 5.91 Å². The van der Waals surface area contributed by atoms with Gasteiger partial charge in [0.1, 0.15) is 5.54 Å². The predicted molar refractivity (Wildman–Crippen MR) is 65.7 cm³/mol. The van der Waals surface area contributed by atoms with Gasteiger partial charge in [-0.3, -0.25) is 4.79 Å². The molecule has 2 aliphatic heterocycles. The van der Waals surface area contributed by atoms with Gasteiger partial charge in [0, 0.05) is 19.7 Å². The minimum atomic E-state index is -0.790. The van der Waals surface area contributed by atoms with E-state index in [1.54, 1.807) is 0 Å². The number of hydrogen-bond donors (Lipinski definition) is 2. The molecule has 98 valence electrons. The van der Waals surface area contributed by atoms with Crippen molar-refractivity contribution in [3.8, 4) is 0 Å². The maximum atomic E-state index is 11.9. The summed E-state index contributed by atoms with van der Waals surface area (Å²) in [6, 6.07) is 0. The predicted octanol–water partition coefficient (Wildman–Crippen LogP) is -0.294. The molecule has 1 amide bonds. The van der Waals surface area contributed by atoms with Gasteiger partial charge in [0.25, 0.3) is 0 Å². The van der Waals surface area contributed by atoms with Crippen molar-refractivity contribution in [1.29, 1.82) is 0 Å². The molecule has 0 radical (unpaired) electrons. The number of carbonyl (C=O) groups excluding carboxylic acids is 1. The summed E-state index contributed by atoms with van der Waals surface area (Å²) in [5.41, 5.74) is 5.18. The molecule has 0 aromatic rings. The Labute approximate surface area is 103 Å². The summed E-state index contributed by atoms with van der Waals surface area (Å²) in [5, 5.41) is 2.93. The number of ether oxygens (including phenoxy) is 1. The molecule has 2 heterocycles. The van der Waals surface area contributed by atoms with Crippen LogP contribution in [0.5, 0.6) is 0 Å². The number of amides is 1. The molecule has 0 aromatic heterocycles. The molecule has 5 nitrogen and oxygen atoms in total. The normalized spacial score (nSPS) is 30.4. The molecular weight excluding hydrogens is 218 g/mol. The van der Waals surface area contributed by atoms with E-state index in [2.05, 4.69) is 10.2 Å². The van der Waals surface area contributed by atoms with Gasteiger partial charge in [-0.1, -0.05) is 6.42 Å². The highest BCUT2D eigenvalue weighted by molar-refractivity contribution is 5.86. The Morgan fingerprint density at radius 2 is 2.12 bits per heavy atom. The fourth-order valence-corrected chi connectivity index (χ4v) is 2.45. The van der Waals surface area contributed by atoms with E-state index < -0.39 is 5.54 Å². The van der Waals surface area contributed by atoms with Crippen LogP contribution >= 0.6 is 0 Å². The quantitative estimate of drug-likeness (QED) is 0.709. The van der Waals surface area contributed by atoms with Gasteiger partial charge in [-0.2, -0.15) is 0 Å². The van der Waals surface area contributed by atoms with E-state index >= 15 is 0 Å². The van der Waals surface area contributed by atoms with Crippen LogP contribution in [0.4, 0.5) is 0 Å². The van der Waals surface area contributed by atoms with Crippen LogP contribution in [0, 0.1) is 0 Å². The minimum Gasteiger partial charge on any atom is -0.379 e. The standard InChI is InChI=1S/C12H23N3O2/c13-12(4-9-17-10-12)11(16)14-5-8-15-6-2-1-3-7-15/h1-10,13H2,(H,14,16). The third-order valence-electron chi connectivity index (χ3n) is 3.67. The first-order valence-electron chi connectivity index (χ1n) is 6.58. The Balaban J connectivity index is 1.65. The first-order valence-corrected chi connectivity index (χ1v) is 6.58. The highest BCUT2D eigenvalue weighted by atomic mass is 16.5. The summed E-state index contributed by atoms with van der Waals surface area (Å²) < 4.78 is 5.18. The lowest BCUT2D eigenvalue weighted by atomic mass is 9.99. The molecule has 0 saturated carbocycles. The molecule has 0 bridgehead atoms. The molecule has 1 atom stereocenters. The lowest BCUT2D eigenvalue weighted by Crippen LogP contribution is -2.55. The monoisotopic (exact) mass is 241 g/mol. The summed E-state index contributed by atoms with van der Waals surface area (Å²) in [4.78, 5) is 14.3. The molecule has 0 spiro atoms. The Kier molecular flexibility index (Phi) is 4.36. The van der Waals surface area contributed by atoms with E-state index in [1.807, 2.05) is 0 Å². The van der Waals surface area contributed by atoms with E-state index in [1.165, 1.54) is 19.3 Å². The van der Waals surface area contributed by atoms with Crippen molar-refractivity contribution in [2.45, 2.75) is 31.2 Å². The Bertz CT molecular complexity index is 258. The van der Waals surface area contributed by atoms with E-state index in [0.29, 0.717) is 26.2 Å². The average molecular weight is 241 g/mol. The largest absolute Gasteiger partial charge is 0.379 e. The summed E-state index contributed by atoms with van der Waals surface area (Å²) in [7, 11) is 0. The van der Waals surface area contributed by atoms with E-state index in [-0.39, 0.29) is 5.91 Å². The molecule has 0 aliphatic carbocycles. The van der Waals surface area contributed by atoms with Crippen LogP contribution in [0.1, 0.15) is 25.7 Å². The zero-order valence-electron chi connectivity index (χ0n) is 10.4. The van der Waals surface area contributed by atoms with Crippen molar-refractivity contribution < 1.29 is 9.53 Å². The summed E-state index contributed by atoms with van der Waals surface area (Å²) >= 11 is 0. The van der Waals surface area contributed by atoms with Gasteiger partial charge in [0.05, 0.1) is 6.61 Å². The molecular formula is C12H23N3O2. The van der Waals surface area contributed by atoms with Crippen molar-refractivity contribution in [3.05, 3.63) is 0 Å². The topological polar surface area (TPSA) is 67.6 Å². The van der Waals surface area contributed by atoms with Gasteiger partial charge >= 0.3 is 0 Å². The second-order valence-corrected chi connectivity index (χ2v) is 5.12. The van der Waals surface area contributed by atoms with Crippen LogP contribution in [-0.4, -0.2) is 55.7 Å². The van der Waals surface area contributed by atoms with Gasteiger partial charge in [0.2, 0.25) is 5.91 Å². The molecule has 1 unspecified atom stereocenters. The van der Waals surface area contributed by atoms with Gasteiger partial charge < -0.3 is 20.7 Å². The van der Waals surface area contributed by atoms with E-state index in [9.17, 15) is 4.79 Å². The number of likely N-dealkylation sites (tertiary alicyclic amines) is 1. The maximum absolute atomic E-state index is 11.9. The molecule has 2 aliphatic rings. The summed E-state index contributed by atoms with van der Waals surface area (Å²) in [5.74, 6) is -0.0630.